The number of nitriles is 1. The van der Waals surface area contributed by atoms with Crippen molar-refractivity contribution in [2.24, 2.45) is 0 Å². The molecule has 3 nitrogen and oxygen atoms in total. The highest BCUT2D eigenvalue weighted by Gasteiger charge is 2.47. The van der Waals surface area contributed by atoms with Crippen molar-refractivity contribution in [2.75, 3.05) is 0 Å². The van der Waals surface area contributed by atoms with Crippen LogP contribution < -0.4 is 0 Å². The molecule has 0 aliphatic carbocycles. The molecule has 1 aliphatic rings. The van der Waals surface area contributed by atoms with Crippen molar-refractivity contribution >= 4 is 8.07 Å². The number of unbranched alkanes of at least 4 members (excludes halogenated alkanes) is 3. The second-order valence-electron chi connectivity index (χ2n) is 10.0. The lowest BCUT2D eigenvalue weighted by Gasteiger charge is -2.47. The smallest absolute Gasteiger partial charge is 0.165 e. The van der Waals surface area contributed by atoms with E-state index >= 15 is 0 Å². The van der Waals surface area contributed by atoms with Crippen LogP contribution in [0.15, 0.2) is 0 Å². The minimum Gasteiger partial charge on any atom is -0.347 e. The fraction of sp³-hybridized carbons (Fsp3) is 0.952. The van der Waals surface area contributed by atoms with Gasteiger partial charge in [0.1, 0.15) is 0 Å². The molecular formula is C21H41NO2Si. The lowest BCUT2D eigenvalue weighted by atomic mass is 9.90. The summed E-state index contributed by atoms with van der Waals surface area (Å²) >= 11 is 0. The molecule has 0 spiro atoms. The van der Waals surface area contributed by atoms with E-state index < -0.39 is 19.5 Å². The maximum atomic E-state index is 9.99. The third kappa shape index (κ3) is 6.70. The fourth-order valence-electron chi connectivity index (χ4n) is 3.47. The van der Waals surface area contributed by atoms with Crippen LogP contribution in [-0.4, -0.2) is 25.6 Å². The van der Waals surface area contributed by atoms with Crippen molar-refractivity contribution in [3.63, 3.8) is 0 Å². The molecule has 0 radical (unpaired) electrons. The van der Waals surface area contributed by atoms with Gasteiger partial charge in [0.15, 0.2) is 11.4 Å². The van der Waals surface area contributed by atoms with Crippen molar-refractivity contribution in [3.05, 3.63) is 0 Å². The maximum Gasteiger partial charge on any atom is 0.165 e. The van der Waals surface area contributed by atoms with Gasteiger partial charge < -0.3 is 9.47 Å². The first-order valence-corrected chi connectivity index (χ1v) is 13.4. The first kappa shape index (κ1) is 22.7. The zero-order valence-corrected chi connectivity index (χ0v) is 19.0. The average Bonchev–Trinajstić information content (AvgIpc) is 2.47. The SMILES string of the molecule is CCCCCC[C@H]1C[C@](C#N)(CC[Si](C)(C)C(C)(C)C)OC(C)(C)O1. The van der Waals surface area contributed by atoms with Crippen LogP contribution in [0.3, 0.4) is 0 Å². The van der Waals surface area contributed by atoms with Crippen LogP contribution in [0.2, 0.25) is 24.2 Å². The van der Waals surface area contributed by atoms with Gasteiger partial charge in [-0.1, -0.05) is 72.5 Å². The van der Waals surface area contributed by atoms with Crippen LogP contribution in [-0.2, 0) is 9.47 Å². The van der Waals surface area contributed by atoms with Gasteiger partial charge in [0.2, 0.25) is 0 Å². The van der Waals surface area contributed by atoms with Gasteiger partial charge in [-0.2, -0.15) is 5.26 Å². The fourth-order valence-corrected chi connectivity index (χ4v) is 5.25. The normalized spacial score (nSPS) is 27.1. The molecule has 2 atom stereocenters. The molecule has 1 heterocycles. The molecule has 0 N–H and O–H groups in total. The second-order valence-corrected chi connectivity index (χ2v) is 15.8. The van der Waals surface area contributed by atoms with Crippen LogP contribution in [0, 0.1) is 11.3 Å². The van der Waals surface area contributed by atoms with Crippen LogP contribution in [0.25, 0.3) is 0 Å². The summed E-state index contributed by atoms with van der Waals surface area (Å²) in [6.07, 6.45) is 7.68. The summed E-state index contributed by atoms with van der Waals surface area (Å²) in [7, 11) is -1.43. The molecule has 0 aromatic rings. The lowest BCUT2D eigenvalue weighted by Crippen LogP contribution is -2.52. The molecule has 1 saturated heterocycles. The van der Waals surface area contributed by atoms with E-state index in [1.54, 1.807) is 0 Å². The molecular weight excluding hydrogens is 326 g/mol. The Kier molecular flexibility index (Phi) is 7.75. The Labute approximate surface area is 157 Å². The van der Waals surface area contributed by atoms with Crippen LogP contribution in [0.4, 0.5) is 0 Å². The van der Waals surface area contributed by atoms with E-state index in [1.165, 1.54) is 25.7 Å². The van der Waals surface area contributed by atoms with Gasteiger partial charge in [0.05, 0.1) is 20.2 Å². The van der Waals surface area contributed by atoms with E-state index in [0.717, 1.165) is 18.9 Å². The predicted molar refractivity (Wildman–Crippen MR) is 108 cm³/mol. The highest BCUT2D eigenvalue weighted by Crippen LogP contribution is 2.44. The van der Waals surface area contributed by atoms with Gasteiger partial charge in [-0.3, -0.25) is 0 Å². The number of ether oxygens (including phenoxy) is 2. The Bertz CT molecular complexity index is 461. The van der Waals surface area contributed by atoms with E-state index in [2.05, 4.69) is 46.9 Å². The van der Waals surface area contributed by atoms with Crippen molar-refractivity contribution < 1.29 is 9.47 Å². The molecule has 0 aromatic heterocycles. The van der Waals surface area contributed by atoms with Crippen LogP contribution in [0.1, 0.15) is 86.5 Å². The van der Waals surface area contributed by atoms with Gasteiger partial charge in [-0.15, -0.1) is 0 Å². The lowest BCUT2D eigenvalue weighted by molar-refractivity contribution is -0.320. The highest BCUT2D eigenvalue weighted by molar-refractivity contribution is 6.80. The molecule has 1 rings (SSSR count). The molecule has 1 fully saturated rings. The van der Waals surface area contributed by atoms with E-state index in [-0.39, 0.29) is 6.10 Å². The summed E-state index contributed by atoms with van der Waals surface area (Å²) in [6.45, 7) is 18.0. The average molecular weight is 368 g/mol. The van der Waals surface area contributed by atoms with Gasteiger partial charge >= 0.3 is 0 Å². The second kappa shape index (κ2) is 8.54. The number of hydrogen-bond donors (Lipinski definition) is 0. The summed E-state index contributed by atoms with van der Waals surface area (Å²) in [5, 5.41) is 10.3. The summed E-state index contributed by atoms with van der Waals surface area (Å²) < 4.78 is 12.4. The van der Waals surface area contributed by atoms with Crippen molar-refractivity contribution in [2.45, 2.75) is 128 Å². The largest absolute Gasteiger partial charge is 0.347 e. The molecule has 4 heteroatoms. The minimum atomic E-state index is -1.43. The van der Waals surface area contributed by atoms with Crippen molar-refractivity contribution in [1.82, 2.24) is 0 Å². The van der Waals surface area contributed by atoms with Gasteiger partial charge in [0.25, 0.3) is 0 Å². The quantitative estimate of drug-likeness (QED) is 0.356. The van der Waals surface area contributed by atoms with Crippen LogP contribution in [0.5, 0.6) is 0 Å². The van der Waals surface area contributed by atoms with E-state index in [0.29, 0.717) is 11.5 Å². The third-order valence-electron chi connectivity index (χ3n) is 6.22. The molecule has 0 saturated carbocycles. The Morgan fingerprint density at radius 2 is 1.80 bits per heavy atom. The van der Waals surface area contributed by atoms with Crippen LogP contribution >= 0.6 is 0 Å². The molecule has 146 valence electrons. The highest BCUT2D eigenvalue weighted by atomic mass is 28.3. The van der Waals surface area contributed by atoms with E-state index in [4.69, 9.17) is 9.47 Å². The van der Waals surface area contributed by atoms with Gasteiger partial charge in [0, 0.05) is 6.42 Å². The third-order valence-corrected chi connectivity index (χ3v) is 11.8. The van der Waals surface area contributed by atoms with Crippen molar-refractivity contribution in [3.8, 4) is 6.07 Å². The van der Waals surface area contributed by atoms with Crippen molar-refractivity contribution in [1.29, 1.82) is 5.26 Å². The Balaban J connectivity index is 2.79. The number of nitrogens with zero attached hydrogens (tertiary/aromatic N) is 1. The first-order chi connectivity index (χ1) is 11.4. The summed E-state index contributed by atoms with van der Waals surface area (Å²) in [4.78, 5) is 0. The molecule has 0 unspecified atom stereocenters. The topological polar surface area (TPSA) is 42.2 Å². The van der Waals surface area contributed by atoms with E-state index in [9.17, 15) is 5.26 Å². The molecule has 0 bridgehead atoms. The zero-order chi connectivity index (χ0) is 19.4. The molecule has 25 heavy (non-hydrogen) atoms. The summed E-state index contributed by atoms with van der Waals surface area (Å²) in [5.41, 5.74) is -0.688. The Hall–Kier alpha value is -0.373. The predicted octanol–water partition coefficient (Wildman–Crippen LogP) is 6.66. The molecule has 0 amide bonds. The number of rotatable bonds is 8. The minimum absolute atomic E-state index is 0.139. The Morgan fingerprint density at radius 3 is 2.32 bits per heavy atom. The number of hydrogen-bond acceptors (Lipinski definition) is 3. The van der Waals surface area contributed by atoms with Gasteiger partial charge in [-0.05, 0) is 31.7 Å². The monoisotopic (exact) mass is 367 g/mol. The molecule has 1 aliphatic heterocycles. The molecule has 0 aromatic carbocycles. The zero-order valence-electron chi connectivity index (χ0n) is 18.0. The Morgan fingerprint density at radius 1 is 1.16 bits per heavy atom. The standard InChI is InChI=1S/C21H41NO2Si/c1-9-10-11-12-13-18-16-21(17-22,24-20(5,6)23-18)14-15-25(7,8)19(2,3)4/h18H,9-16H2,1-8H3/t18-,21-/m0/s1. The summed E-state index contributed by atoms with van der Waals surface area (Å²) in [5.74, 6) is -0.670. The van der Waals surface area contributed by atoms with Gasteiger partial charge in [-0.25, -0.2) is 0 Å². The summed E-state index contributed by atoms with van der Waals surface area (Å²) in [6, 6.07) is 3.66. The van der Waals surface area contributed by atoms with E-state index in [1.807, 2.05) is 13.8 Å². The first-order valence-electron chi connectivity index (χ1n) is 10.2. The maximum absolute atomic E-state index is 9.99.